The number of hydrogen-bond acceptors (Lipinski definition) is 3. The van der Waals surface area contributed by atoms with Crippen LogP contribution in [0.1, 0.15) is 31.5 Å². The van der Waals surface area contributed by atoms with Crippen LogP contribution in [0.15, 0.2) is 45.8 Å². The van der Waals surface area contributed by atoms with E-state index >= 15 is 0 Å². The lowest BCUT2D eigenvalue weighted by atomic mass is 10.2. The molecule has 2 aromatic heterocycles. The Morgan fingerprint density at radius 1 is 1.39 bits per heavy atom. The van der Waals surface area contributed by atoms with E-state index in [1.807, 2.05) is 26.0 Å². The molecule has 0 amide bonds. The van der Waals surface area contributed by atoms with Gasteiger partial charge in [-0.15, -0.1) is 0 Å². The molecular formula is C17H19ClN3O2+. The molecule has 3 aromatic rings. The van der Waals surface area contributed by atoms with E-state index in [-0.39, 0.29) is 11.6 Å². The fourth-order valence-corrected chi connectivity index (χ4v) is 2.86. The number of nitrogens with zero attached hydrogens (tertiary/aromatic N) is 2. The van der Waals surface area contributed by atoms with Gasteiger partial charge in [-0.3, -0.25) is 9.36 Å². The number of fused-ring (bicyclic) bond motifs is 1. The topological polar surface area (TPSA) is 64.6 Å². The second-order valence-electron chi connectivity index (χ2n) is 5.49. The molecule has 2 heterocycles. The van der Waals surface area contributed by atoms with Crippen LogP contribution in [-0.2, 0) is 13.1 Å². The van der Waals surface area contributed by atoms with E-state index in [1.54, 1.807) is 29.0 Å². The molecule has 0 spiro atoms. The highest BCUT2D eigenvalue weighted by molar-refractivity contribution is 6.31. The second kappa shape index (κ2) is 6.56. The van der Waals surface area contributed by atoms with Gasteiger partial charge in [-0.25, -0.2) is 4.98 Å². The molecule has 0 aliphatic carbocycles. The lowest BCUT2D eigenvalue weighted by Crippen LogP contribution is -2.83. The molecule has 5 nitrogen and oxygen atoms in total. The summed E-state index contributed by atoms with van der Waals surface area (Å²) in [5, 5.41) is 3.21. The maximum atomic E-state index is 12.7. The number of halogens is 1. The van der Waals surface area contributed by atoms with Gasteiger partial charge in [0.05, 0.1) is 17.2 Å². The van der Waals surface area contributed by atoms with Crippen molar-refractivity contribution in [2.75, 3.05) is 0 Å². The van der Waals surface area contributed by atoms with Crippen LogP contribution in [0.5, 0.6) is 0 Å². The van der Waals surface area contributed by atoms with E-state index < -0.39 is 0 Å². The van der Waals surface area contributed by atoms with Crippen molar-refractivity contribution in [3.63, 3.8) is 0 Å². The van der Waals surface area contributed by atoms with Crippen LogP contribution in [0.2, 0.25) is 5.02 Å². The molecule has 6 heteroatoms. The molecule has 0 aliphatic heterocycles. The standard InChI is InChI=1S/C17H18ClN3O2/c1-3-21-16(11(2)19-10-13-5-4-8-23-13)20-15-7-6-12(18)9-14(15)17(21)22/h4-9,11,19H,3,10H2,1-2H3/p+1/t11-/m1/s1. The van der Waals surface area contributed by atoms with Crippen molar-refractivity contribution < 1.29 is 9.73 Å². The Hall–Kier alpha value is -2.11. The van der Waals surface area contributed by atoms with Crippen molar-refractivity contribution in [3.8, 4) is 0 Å². The zero-order valence-electron chi connectivity index (χ0n) is 13.1. The Balaban J connectivity index is 1.98. The maximum absolute atomic E-state index is 12.7. The minimum atomic E-state index is -0.0479. The van der Waals surface area contributed by atoms with Crippen LogP contribution < -0.4 is 10.9 Å². The number of quaternary nitrogens is 1. The van der Waals surface area contributed by atoms with Gasteiger partial charge >= 0.3 is 0 Å². The van der Waals surface area contributed by atoms with E-state index in [0.29, 0.717) is 29.0 Å². The van der Waals surface area contributed by atoms with Crippen molar-refractivity contribution in [2.24, 2.45) is 0 Å². The monoisotopic (exact) mass is 332 g/mol. The van der Waals surface area contributed by atoms with Crippen molar-refractivity contribution in [3.05, 3.63) is 63.6 Å². The summed E-state index contributed by atoms with van der Waals surface area (Å²) in [6.07, 6.45) is 1.66. The fraction of sp³-hybridized carbons (Fsp3) is 0.294. The van der Waals surface area contributed by atoms with Crippen molar-refractivity contribution in [2.45, 2.75) is 33.0 Å². The number of hydrogen-bond donors (Lipinski definition) is 1. The zero-order valence-corrected chi connectivity index (χ0v) is 13.9. The van der Waals surface area contributed by atoms with Gasteiger partial charge in [-0.2, -0.15) is 0 Å². The normalized spacial score (nSPS) is 12.7. The average molecular weight is 333 g/mol. The molecule has 2 N–H and O–H groups in total. The molecule has 0 saturated carbocycles. The first-order chi connectivity index (χ1) is 11.1. The highest BCUT2D eigenvalue weighted by atomic mass is 35.5. The minimum absolute atomic E-state index is 0.0350. The van der Waals surface area contributed by atoms with E-state index in [9.17, 15) is 4.79 Å². The summed E-state index contributed by atoms with van der Waals surface area (Å²) in [6, 6.07) is 9.07. The van der Waals surface area contributed by atoms with Gasteiger partial charge in [0.1, 0.15) is 12.6 Å². The molecule has 0 unspecified atom stereocenters. The molecule has 0 saturated heterocycles. The summed E-state index contributed by atoms with van der Waals surface area (Å²) in [4.78, 5) is 17.4. The first-order valence-electron chi connectivity index (χ1n) is 7.66. The Morgan fingerprint density at radius 2 is 2.22 bits per heavy atom. The summed E-state index contributed by atoms with van der Waals surface area (Å²) in [6.45, 7) is 5.26. The van der Waals surface area contributed by atoms with Crippen LogP contribution in [0.3, 0.4) is 0 Å². The third kappa shape index (κ3) is 3.16. The zero-order chi connectivity index (χ0) is 16.4. The largest absolute Gasteiger partial charge is 0.463 e. The number of furan rings is 1. The minimum Gasteiger partial charge on any atom is -0.463 e. The number of aromatic nitrogens is 2. The number of benzene rings is 1. The van der Waals surface area contributed by atoms with Crippen molar-refractivity contribution in [1.29, 1.82) is 0 Å². The van der Waals surface area contributed by atoms with Gasteiger partial charge in [-0.1, -0.05) is 11.6 Å². The summed E-state index contributed by atoms with van der Waals surface area (Å²) >= 11 is 6.00. The summed E-state index contributed by atoms with van der Waals surface area (Å²) in [5.74, 6) is 1.66. The van der Waals surface area contributed by atoms with Gasteiger partial charge in [-0.05, 0) is 44.2 Å². The van der Waals surface area contributed by atoms with E-state index in [4.69, 9.17) is 21.0 Å². The predicted molar refractivity (Wildman–Crippen MR) is 89.4 cm³/mol. The summed E-state index contributed by atoms with van der Waals surface area (Å²) in [7, 11) is 0. The highest BCUT2D eigenvalue weighted by Crippen LogP contribution is 2.17. The molecule has 23 heavy (non-hydrogen) atoms. The molecule has 0 aliphatic rings. The van der Waals surface area contributed by atoms with Crippen LogP contribution >= 0.6 is 11.6 Å². The van der Waals surface area contributed by atoms with Gasteiger partial charge in [0, 0.05) is 11.6 Å². The SMILES string of the molecule is CCn1c([C@@H](C)[NH2+]Cc2ccco2)nc2ccc(Cl)cc2c1=O. The highest BCUT2D eigenvalue weighted by Gasteiger charge is 2.18. The first-order valence-corrected chi connectivity index (χ1v) is 8.03. The molecule has 1 aromatic carbocycles. The van der Waals surface area contributed by atoms with Crippen molar-refractivity contribution >= 4 is 22.5 Å². The number of rotatable bonds is 5. The van der Waals surface area contributed by atoms with Gasteiger partial charge < -0.3 is 9.73 Å². The Bertz CT molecular complexity index is 871. The summed E-state index contributed by atoms with van der Waals surface area (Å²) < 4.78 is 7.06. The first kappa shape index (κ1) is 15.8. The average Bonchev–Trinajstić information content (AvgIpc) is 3.06. The van der Waals surface area contributed by atoms with Crippen LogP contribution in [0.4, 0.5) is 0 Å². The second-order valence-corrected chi connectivity index (χ2v) is 5.93. The van der Waals surface area contributed by atoms with Crippen LogP contribution in [0.25, 0.3) is 10.9 Å². The maximum Gasteiger partial charge on any atom is 0.261 e. The fourth-order valence-electron chi connectivity index (χ4n) is 2.69. The molecule has 0 fully saturated rings. The van der Waals surface area contributed by atoms with E-state index in [1.165, 1.54) is 0 Å². The predicted octanol–water partition coefficient (Wildman–Crippen LogP) is 2.49. The van der Waals surface area contributed by atoms with Gasteiger partial charge in [0.2, 0.25) is 0 Å². The molecule has 1 atom stereocenters. The van der Waals surface area contributed by atoms with Gasteiger partial charge in [0.25, 0.3) is 5.56 Å². The Kier molecular flexibility index (Phi) is 4.50. The molecule has 3 rings (SSSR count). The Morgan fingerprint density at radius 3 is 2.91 bits per heavy atom. The number of nitrogens with two attached hydrogens (primary N) is 1. The third-order valence-corrected chi connectivity index (χ3v) is 4.16. The molecular weight excluding hydrogens is 314 g/mol. The Labute approximate surface area is 138 Å². The quantitative estimate of drug-likeness (QED) is 0.780. The molecule has 120 valence electrons. The molecule has 0 radical (unpaired) electrons. The van der Waals surface area contributed by atoms with Crippen molar-refractivity contribution in [1.82, 2.24) is 9.55 Å². The van der Waals surface area contributed by atoms with Crippen LogP contribution in [-0.4, -0.2) is 9.55 Å². The van der Waals surface area contributed by atoms with E-state index in [2.05, 4.69) is 5.32 Å². The lowest BCUT2D eigenvalue weighted by Gasteiger charge is -2.16. The molecule has 0 bridgehead atoms. The van der Waals surface area contributed by atoms with E-state index in [0.717, 1.165) is 11.6 Å². The van der Waals surface area contributed by atoms with Gasteiger partial charge in [0.15, 0.2) is 11.6 Å². The van der Waals surface area contributed by atoms with Crippen LogP contribution in [0, 0.1) is 0 Å². The summed E-state index contributed by atoms with van der Waals surface area (Å²) in [5.41, 5.74) is 0.630. The lowest BCUT2D eigenvalue weighted by molar-refractivity contribution is -0.710. The third-order valence-electron chi connectivity index (χ3n) is 3.92. The smallest absolute Gasteiger partial charge is 0.261 e.